The monoisotopic (exact) mass is 732 g/mol. The second-order valence-electron chi connectivity index (χ2n) is 14.5. The summed E-state index contributed by atoms with van der Waals surface area (Å²) in [5, 5.41) is 0. The quantitative estimate of drug-likeness (QED) is 0.0217. The minimum absolute atomic E-state index is 0.00849. The fourth-order valence-corrected chi connectivity index (χ4v) is 6.22. The van der Waals surface area contributed by atoms with Crippen molar-refractivity contribution in [3.05, 3.63) is 36.0 Å². The minimum atomic E-state index is -0.750. The Morgan fingerprint density at radius 3 is 1.88 bits per heavy atom. The summed E-state index contributed by atoms with van der Waals surface area (Å²) >= 11 is 0. The zero-order valence-corrected chi connectivity index (χ0v) is 33.7. The number of nitrogens with zero attached hydrogens (tertiary/aromatic N) is 1. The molecule has 1 fully saturated rings. The largest absolute Gasteiger partial charge is 0.508 e. The maximum Gasteiger partial charge on any atom is 0.508 e. The highest BCUT2D eigenvalue weighted by molar-refractivity contribution is 5.82. The van der Waals surface area contributed by atoms with Gasteiger partial charge in [-0.15, -0.1) is 0 Å². The topological polar surface area (TPSA) is 91.4 Å². The molecule has 0 aliphatic carbocycles. The summed E-state index contributed by atoms with van der Waals surface area (Å²) in [6.45, 7) is 9.93. The van der Waals surface area contributed by atoms with Crippen molar-refractivity contribution in [2.45, 2.75) is 175 Å². The van der Waals surface area contributed by atoms with Gasteiger partial charge in [0.05, 0.1) is 12.5 Å². The normalized spacial score (nSPS) is 14.6. The smallest absolute Gasteiger partial charge is 0.465 e. The van der Waals surface area contributed by atoms with E-state index in [2.05, 4.69) is 50.0 Å². The Morgan fingerprint density at radius 2 is 1.15 bits per heavy atom. The second kappa shape index (κ2) is 35.4. The van der Waals surface area contributed by atoms with Crippen LogP contribution in [0, 0.1) is 5.92 Å². The molecule has 0 aromatic carbocycles. The van der Waals surface area contributed by atoms with Gasteiger partial charge in [0.2, 0.25) is 0 Å². The van der Waals surface area contributed by atoms with Gasteiger partial charge >= 0.3 is 18.1 Å². The van der Waals surface area contributed by atoms with Crippen molar-refractivity contribution in [1.82, 2.24) is 4.90 Å². The summed E-state index contributed by atoms with van der Waals surface area (Å²) in [7, 11) is 0. The van der Waals surface area contributed by atoms with Crippen molar-refractivity contribution in [2.24, 2.45) is 5.92 Å². The number of carbonyl (C=O) groups is 3. The Bertz CT molecular complexity index is 970. The van der Waals surface area contributed by atoms with E-state index in [-0.39, 0.29) is 25.8 Å². The molecule has 0 spiro atoms. The highest BCUT2D eigenvalue weighted by Crippen LogP contribution is 2.17. The zero-order valence-electron chi connectivity index (χ0n) is 33.7. The van der Waals surface area contributed by atoms with Crippen molar-refractivity contribution < 1.29 is 33.3 Å². The minimum Gasteiger partial charge on any atom is -0.465 e. The molecule has 1 aliphatic rings. The lowest BCUT2D eigenvalue weighted by Gasteiger charge is -2.26. The van der Waals surface area contributed by atoms with E-state index in [0.29, 0.717) is 13.0 Å². The van der Waals surface area contributed by atoms with E-state index < -0.39 is 18.0 Å². The van der Waals surface area contributed by atoms with Crippen LogP contribution in [0.3, 0.4) is 0 Å². The lowest BCUT2D eigenvalue weighted by Crippen LogP contribution is -2.31. The van der Waals surface area contributed by atoms with Crippen LogP contribution in [0.4, 0.5) is 4.79 Å². The standard InChI is InChI=1S/C44H77NO7/c1-4-7-10-12-13-14-15-16-17-18-19-20-21-22-25-31-42(46)50-37-41(39-52-44(48)49-35-28-34-45-32-26-23-27-33-45)38-51-43(47)36-40(29-9-6-3)30-24-11-8-5-2/h13-14,16-17,36,41H,4-12,15,18-35,37-39H2,1-3H3/b14-13-,17-16-,40-36-. The van der Waals surface area contributed by atoms with E-state index in [1.54, 1.807) is 6.08 Å². The Morgan fingerprint density at radius 1 is 0.577 bits per heavy atom. The molecule has 0 saturated carbocycles. The third kappa shape index (κ3) is 29.9. The third-order valence-corrected chi connectivity index (χ3v) is 9.52. The molecule has 300 valence electrons. The second-order valence-corrected chi connectivity index (χ2v) is 14.5. The number of rotatable bonds is 33. The number of unbranched alkanes of at least 4 members (excludes halogenated alkanes) is 12. The van der Waals surface area contributed by atoms with E-state index in [9.17, 15) is 14.4 Å². The van der Waals surface area contributed by atoms with Crippen molar-refractivity contribution in [1.29, 1.82) is 0 Å². The molecule has 0 aromatic rings. The molecule has 52 heavy (non-hydrogen) atoms. The number of piperidine rings is 1. The molecule has 1 unspecified atom stereocenters. The third-order valence-electron chi connectivity index (χ3n) is 9.52. The average molecular weight is 732 g/mol. The van der Waals surface area contributed by atoms with Gasteiger partial charge in [0.1, 0.15) is 19.8 Å². The first-order chi connectivity index (χ1) is 25.5. The Kier molecular flexibility index (Phi) is 32.3. The van der Waals surface area contributed by atoms with E-state index in [4.69, 9.17) is 18.9 Å². The van der Waals surface area contributed by atoms with Crippen LogP contribution in [0.15, 0.2) is 36.0 Å². The average Bonchev–Trinajstić information content (AvgIpc) is 3.15. The molecule has 1 saturated heterocycles. The van der Waals surface area contributed by atoms with Crippen LogP contribution in [-0.4, -0.2) is 69.1 Å². The first-order valence-corrected chi connectivity index (χ1v) is 21.3. The molecular weight excluding hydrogens is 654 g/mol. The number of allylic oxidation sites excluding steroid dienone is 5. The molecule has 0 radical (unpaired) electrons. The number of hydrogen-bond acceptors (Lipinski definition) is 8. The van der Waals surface area contributed by atoms with Crippen LogP contribution in [0.25, 0.3) is 0 Å². The lowest BCUT2D eigenvalue weighted by molar-refractivity contribution is -0.148. The lowest BCUT2D eigenvalue weighted by atomic mass is 10.0. The molecule has 0 amide bonds. The molecule has 1 aliphatic heterocycles. The first kappa shape index (κ1) is 47.4. The van der Waals surface area contributed by atoms with Crippen LogP contribution < -0.4 is 0 Å². The Balaban J connectivity index is 2.45. The molecule has 1 rings (SSSR count). The van der Waals surface area contributed by atoms with Crippen LogP contribution >= 0.6 is 0 Å². The van der Waals surface area contributed by atoms with Crippen LogP contribution in [0.1, 0.15) is 175 Å². The molecular formula is C44H77NO7. The van der Waals surface area contributed by atoms with Gasteiger partial charge in [0.15, 0.2) is 0 Å². The van der Waals surface area contributed by atoms with E-state index in [0.717, 1.165) is 115 Å². The Labute approximate surface area is 318 Å². The number of likely N-dealkylation sites (tertiary alicyclic amines) is 1. The van der Waals surface area contributed by atoms with Crippen molar-refractivity contribution in [3.63, 3.8) is 0 Å². The summed E-state index contributed by atoms with van der Waals surface area (Å²) in [5.74, 6) is -1.16. The van der Waals surface area contributed by atoms with Gasteiger partial charge in [-0.25, -0.2) is 9.59 Å². The predicted molar refractivity (Wildman–Crippen MR) is 213 cm³/mol. The van der Waals surface area contributed by atoms with Gasteiger partial charge in [0, 0.05) is 19.0 Å². The maximum atomic E-state index is 12.8. The van der Waals surface area contributed by atoms with Gasteiger partial charge in [-0.1, -0.05) is 115 Å². The summed E-state index contributed by atoms with van der Waals surface area (Å²) in [4.78, 5) is 40.1. The van der Waals surface area contributed by atoms with Crippen molar-refractivity contribution >= 4 is 18.1 Å². The van der Waals surface area contributed by atoms with E-state index >= 15 is 0 Å². The summed E-state index contributed by atoms with van der Waals surface area (Å²) < 4.78 is 21.9. The number of hydrogen-bond donors (Lipinski definition) is 0. The molecule has 0 bridgehead atoms. The predicted octanol–water partition coefficient (Wildman–Crippen LogP) is 11.6. The van der Waals surface area contributed by atoms with Gasteiger partial charge in [-0.2, -0.15) is 0 Å². The first-order valence-electron chi connectivity index (χ1n) is 21.3. The molecule has 0 N–H and O–H groups in total. The summed E-state index contributed by atoms with van der Waals surface area (Å²) in [6, 6.07) is 0. The van der Waals surface area contributed by atoms with Crippen LogP contribution in [0.5, 0.6) is 0 Å². The fourth-order valence-electron chi connectivity index (χ4n) is 6.22. The molecule has 0 aromatic heterocycles. The molecule has 8 heteroatoms. The number of carbonyl (C=O) groups excluding carboxylic acids is 3. The van der Waals surface area contributed by atoms with Crippen molar-refractivity contribution in [3.8, 4) is 0 Å². The van der Waals surface area contributed by atoms with Gasteiger partial charge in [-0.3, -0.25) is 4.79 Å². The molecule has 1 atom stereocenters. The van der Waals surface area contributed by atoms with E-state index in [1.165, 1.54) is 57.8 Å². The maximum absolute atomic E-state index is 12.8. The fraction of sp³-hybridized carbons (Fsp3) is 0.795. The number of ether oxygens (including phenoxy) is 4. The SMILES string of the molecule is CCCCC/C=C\C/C=C\CCCCCCCC(=O)OCC(COC(=O)/C=C(/CCCC)CCCCCC)COC(=O)OCCCN1CCCCC1. The molecule has 1 heterocycles. The van der Waals surface area contributed by atoms with Crippen molar-refractivity contribution in [2.75, 3.05) is 46.1 Å². The van der Waals surface area contributed by atoms with Crippen LogP contribution in [0.2, 0.25) is 0 Å². The van der Waals surface area contributed by atoms with E-state index in [1.807, 2.05) is 0 Å². The number of esters is 2. The highest BCUT2D eigenvalue weighted by atomic mass is 16.7. The molecule has 8 nitrogen and oxygen atoms in total. The van der Waals surface area contributed by atoms with Gasteiger partial charge < -0.3 is 23.8 Å². The van der Waals surface area contributed by atoms with Gasteiger partial charge in [-0.05, 0) is 96.6 Å². The highest BCUT2D eigenvalue weighted by Gasteiger charge is 2.18. The summed E-state index contributed by atoms with van der Waals surface area (Å²) in [5.41, 5.74) is 1.12. The van der Waals surface area contributed by atoms with Crippen LogP contribution in [-0.2, 0) is 28.5 Å². The zero-order chi connectivity index (χ0) is 37.7. The van der Waals surface area contributed by atoms with Gasteiger partial charge in [0.25, 0.3) is 0 Å². The Hall–Kier alpha value is -2.61. The summed E-state index contributed by atoms with van der Waals surface area (Å²) in [6.07, 6.45) is 35.6.